The molecule has 0 radical (unpaired) electrons. The molecule has 130 valence electrons. The van der Waals surface area contributed by atoms with E-state index in [1.165, 1.54) is 13.3 Å². The third-order valence-electron chi connectivity index (χ3n) is 4.19. The molecule has 0 saturated heterocycles. The second kappa shape index (κ2) is 6.80. The second-order valence-corrected chi connectivity index (χ2v) is 6.28. The number of alkyl halides is 1. The lowest BCUT2D eigenvalue weighted by atomic mass is 9.94. The highest BCUT2D eigenvalue weighted by atomic mass is 35.5. The van der Waals surface area contributed by atoms with Gasteiger partial charge in [0.15, 0.2) is 6.17 Å². The summed E-state index contributed by atoms with van der Waals surface area (Å²) >= 11 is 6.29. The summed E-state index contributed by atoms with van der Waals surface area (Å²) in [5.74, 6) is -1.13. The quantitative estimate of drug-likeness (QED) is 0.842. The fourth-order valence-corrected chi connectivity index (χ4v) is 2.96. The summed E-state index contributed by atoms with van der Waals surface area (Å²) in [7, 11) is 0. The summed E-state index contributed by atoms with van der Waals surface area (Å²) in [4.78, 5) is 8.41. The number of rotatable bonds is 3. The molecule has 0 saturated carbocycles. The molecule has 0 fully saturated rings. The largest absolute Gasteiger partial charge is 0.397 e. The van der Waals surface area contributed by atoms with Gasteiger partial charge in [-0.1, -0.05) is 36.7 Å². The molecule has 4 nitrogen and oxygen atoms in total. The number of hydrogen-bond donors (Lipinski definition) is 2. The Balaban J connectivity index is 2.10. The van der Waals surface area contributed by atoms with E-state index in [0.717, 1.165) is 6.08 Å². The third-order valence-corrected chi connectivity index (χ3v) is 4.52. The van der Waals surface area contributed by atoms with Crippen molar-refractivity contribution in [3.8, 4) is 11.1 Å². The molecule has 0 aliphatic heterocycles. The highest BCUT2D eigenvalue weighted by Gasteiger charge is 2.31. The number of benzene rings is 1. The molecule has 0 bridgehead atoms. The molecular formula is C18H17ClF2N4. The molecule has 25 heavy (non-hydrogen) atoms. The summed E-state index contributed by atoms with van der Waals surface area (Å²) in [6.45, 7) is 3.27. The fraction of sp³-hybridized carbons (Fsp3) is 0.222. The van der Waals surface area contributed by atoms with Crippen molar-refractivity contribution in [2.24, 2.45) is 11.7 Å². The minimum Gasteiger partial charge on any atom is -0.397 e. The summed E-state index contributed by atoms with van der Waals surface area (Å²) < 4.78 is 28.3. The molecule has 7 heteroatoms. The molecule has 0 spiro atoms. The summed E-state index contributed by atoms with van der Waals surface area (Å²) in [6.07, 6.45) is 0.899. The molecule has 1 aromatic heterocycles. The fourth-order valence-electron chi connectivity index (χ4n) is 2.73. The molecule has 1 aliphatic rings. The van der Waals surface area contributed by atoms with Crippen LogP contribution in [0.15, 0.2) is 53.9 Å². The van der Waals surface area contributed by atoms with E-state index in [1.54, 1.807) is 13.0 Å². The minimum atomic E-state index is -1.60. The van der Waals surface area contributed by atoms with E-state index in [-0.39, 0.29) is 11.4 Å². The predicted molar refractivity (Wildman–Crippen MR) is 95.3 cm³/mol. The van der Waals surface area contributed by atoms with Crippen molar-refractivity contribution in [1.82, 2.24) is 9.97 Å². The number of hydrogen-bond acceptors (Lipinski definition) is 4. The predicted octanol–water partition coefficient (Wildman–Crippen LogP) is 4.53. The molecular weight excluding hydrogens is 346 g/mol. The molecule has 1 aliphatic carbocycles. The van der Waals surface area contributed by atoms with Crippen molar-refractivity contribution in [2.45, 2.75) is 20.0 Å². The molecule has 1 heterocycles. The van der Waals surface area contributed by atoms with Crippen LogP contribution in [-0.4, -0.2) is 16.1 Å². The average Bonchev–Trinajstić information content (AvgIpc) is 2.58. The standard InChI is InChI=1S/C18H17ClF2N4/c1-9-13(20)7-14(22)17(16(9)21)25-18-15(10(2)23-8-24-18)11-5-3-4-6-12(11)19/h3-9,16H,22H2,1-2H3,(H,23,24,25). The Morgan fingerprint density at radius 3 is 2.68 bits per heavy atom. The van der Waals surface area contributed by atoms with Gasteiger partial charge in [-0.25, -0.2) is 18.7 Å². The van der Waals surface area contributed by atoms with E-state index in [2.05, 4.69) is 15.3 Å². The average molecular weight is 363 g/mol. The summed E-state index contributed by atoms with van der Waals surface area (Å²) in [5.41, 5.74) is 7.93. The molecule has 2 aromatic rings. The monoisotopic (exact) mass is 362 g/mol. The highest BCUT2D eigenvalue weighted by molar-refractivity contribution is 6.33. The van der Waals surface area contributed by atoms with Crippen LogP contribution < -0.4 is 11.1 Å². The number of nitrogens with zero attached hydrogens (tertiary/aromatic N) is 2. The van der Waals surface area contributed by atoms with Crippen molar-refractivity contribution in [1.29, 1.82) is 0 Å². The SMILES string of the molecule is Cc1ncnc(NC2=C(N)C=C(F)C(C)C2F)c1-c1ccccc1Cl. The van der Waals surface area contributed by atoms with Gasteiger partial charge in [-0.15, -0.1) is 0 Å². The number of anilines is 1. The van der Waals surface area contributed by atoms with E-state index >= 15 is 0 Å². The van der Waals surface area contributed by atoms with E-state index < -0.39 is 17.9 Å². The number of allylic oxidation sites excluding steroid dienone is 3. The van der Waals surface area contributed by atoms with E-state index in [9.17, 15) is 8.78 Å². The summed E-state index contributed by atoms with van der Waals surface area (Å²) in [6, 6.07) is 7.23. The zero-order valence-electron chi connectivity index (χ0n) is 13.7. The van der Waals surface area contributed by atoms with Crippen LogP contribution in [0.2, 0.25) is 5.02 Å². The first-order valence-corrected chi connectivity index (χ1v) is 8.12. The molecule has 1 aromatic carbocycles. The lowest BCUT2D eigenvalue weighted by Crippen LogP contribution is -2.28. The Morgan fingerprint density at radius 1 is 1.24 bits per heavy atom. The Kier molecular flexibility index (Phi) is 4.72. The maximum Gasteiger partial charge on any atom is 0.151 e. The van der Waals surface area contributed by atoms with E-state index in [1.807, 2.05) is 18.2 Å². The van der Waals surface area contributed by atoms with Gasteiger partial charge in [-0.3, -0.25) is 0 Å². The van der Waals surface area contributed by atoms with Gasteiger partial charge in [0.1, 0.15) is 18.0 Å². The number of aryl methyl sites for hydroxylation is 1. The van der Waals surface area contributed by atoms with Crippen LogP contribution in [0.1, 0.15) is 12.6 Å². The number of aromatic nitrogens is 2. The van der Waals surface area contributed by atoms with Gasteiger partial charge < -0.3 is 11.1 Å². The molecule has 3 N–H and O–H groups in total. The lowest BCUT2D eigenvalue weighted by Gasteiger charge is -2.25. The maximum absolute atomic E-state index is 14.6. The van der Waals surface area contributed by atoms with Gasteiger partial charge in [0.25, 0.3) is 0 Å². The van der Waals surface area contributed by atoms with Crippen molar-refractivity contribution in [3.63, 3.8) is 0 Å². The Bertz CT molecular complexity index is 879. The number of nitrogens with one attached hydrogen (secondary N) is 1. The normalized spacial score (nSPS) is 20.4. The zero-order chi connectivity index (χ0) is 18.1. The highest BCUT2D eigenvalue weighted by Crippen LogP contribution is 2.37. The molecule has 0 amide bonds. The van der Waals surface area contributed by atoms with E-state index in [4.69, 9.17) is 17.3 Å². The zero-order valence-corrected chi connectivity index (χ0v) is 14.5. The molecule has 3 rings (SSSR count). The topological polar surface area (TPSA) is 63.8 Å². The van der Waals surface area contributed by atoms with Gasteiger partial charge in [0.2, 0.25) is 0 Å². The van der Waals surface area contributed by atoms with E-state index in [0.29, 0.717) is 27.7 Å². The first kappa shape index (κ1) is 17.4. The molecule has 2 atom stereocenters. The Labute approximate surface area is 149 Å². The smallest absolute Gasteiger partial charge is 0.151 e. The summed E-state index contributed by atoms with van der Waals surface area (Å²) in [5, 5.41) is 3.44. The van der Waals surface area contributed by atoms with Crippen molar-refractivity contribution in [2.75, 3.05) is 5.32 Å². The maximum atomic E-state index is 14.6. The van der Waals surface area contributed by atoms with Crippen LogP contribution in [0.25, 0.3) is 11.1 Å². The first-order valence-electron chi connectivity index (χ1n) is 7.74. The van der Waals surface area contributed by atoms with Crippen LogP contribution in [-0.2, 0) is 0 Å². The van der Waals surface area contributed by atoms with Gasteiger partial charge in [-0.05, 0) is 19.1 Å². The van der Waals surface area contributed by atoms with Crippen LogP contribution in [0.3, 0.4) is 0 Å². The van der Waals surface area contributed by atoms with Crippen LogP contribution >= 0.6 is 11.6 Å². The first-order chi connectivity index (χ1) is 11.9. The number of halogens is 3. The Hall–Kier alpha value is -2.47. The third kappa shape index (κ3) is 3.22. The van der Waals surface area contributed by atoms with Gasteiger partial charge in [0, 0.05) is 22.1 Å². The van der Waals surface area contributed by atoms with Crippen LogP contribution in [0.5, 0.6) is 0 Å². The molecule has 2 unspecified atom stereocenters. The van der Waals surface area contributed by atoms with Crippen LogP contribution in [0, 0.1) is 12.8 Å². The van der Waals surface area contributed by atoms with Gasteiger partial charge in [0.05, 0.1) is 17.1 Å². The lowest BCUT2D eigenvalue weighted by molar-refractivity contribution is 0.275. The number of nitrogens with two attached hydrogens (primary N) is 1. The second-order valence-electron chi connectivity index (χ2n) is 5.88. The van der Waals surface area contributed by atoms with Gasteiger partial charge >= 0.3 is 0 Å². The van der Waals surface area contributed by atoms with Crippen molar-refractivity contribution >= 4 is 17.4 Å². The Morgan fingerprint density at radius 2 is 1.96 bits per heavy atom. The van der Waals surface area contributed by atoms with Crippen molar-refractivity contribution in [3.05, 3.63) is 64.6 Å². The van der Waals surface area contributed by atoms with Gasteiger partial charge in [-0.2, -0.15) is 0 Å². The van der Waals surface area contributed by atoms with Crippen LogP contribution in [0.4, 0.5) is 14.6 Å². The van der Waals surface area contributed by atoms with Crippen molar-refractivity contribution < 1.29 is 8.78 Å². The minimum absolute atomic E-state index is 0.00414.